The zero-order valence-electron chi connectivity index (χ0n) is 16.9. The Balaban J connectivity index is 1.51. The van der Waals surface area contributed by atoms with E-state index in [2.05, 4.69) is 10.6 Å². The van der Waals surface area contributed by atoms with Crippen molar-refractivity contribution in [3.8, 4) is 0 Å². The van der Waals surface area contributed by atoms with E-state index in [1.165, 1.54) is 12.1 Å². The lowest BCUT2D eigenvalue weighted by Gasteiger charge is -2.20. The second-order valence-corrected chi connectivity index (χ2v) is 9.84. The second-order valence-electron chi connectivity index (χ2n) is 7.90. The molecule has 0 radical (unpaired) electrons. The predicted molar refractivity (Wildman–Crippen MR) is 111 cm³/mol. The lowest BCUT2D eigenvalue weighted by Crippen LogP contribution is -2.39. The number of rotatable bonds is 8. The van der Waals surface area contributed by atoms with Crippen molar-refractivity contribution in [3.63, 3.8) is 0 Å². The van der Waals surface area contributed by atoms with Crippen molar-refractivity contribution in [2.45, 2.75) is 49.5 Å². The monoisotopic (exact) mass is 422 g/mol. The average Bonchev–Trinajstić information content (AvgIpc) is 3.48. The van der Waals surface area contributed by atoms with E-state index in [0.717, 1.165) is 38.5 Å². The highest BCUT2D eigenvalue weighted by Gasteiger charge is 2.25. The fourth-order valence-corrected chi connectivity index (χ4v) is 4.91. The SMILES string of the molecule is CN(CC(=O)Nc1ccc(S(=O)(=O)N2CCCCCC2)cc1)CC(=O)NC1CC1. The number of benzene rings is 1. The van der Waals surface area contributed by atoms with E-state index in [9.17, 15) is 18.0 Å². The zero-order valence-corrected chi connectivity index (χ0v) is 17.7. The Labute approximate surface area is 172 Å². The number of nitrogens with zero attached hydrogens (tertiary/aromatic N) is 2. The van der Waals surface area contributed by atoms with Crippen LogP contribution in [0.2, 0.25) is 0 Å². The van der Waals surface area contributed by atoms with E-state index in [1.54, 1.807) is 28.4 Å². The lowest BCUT2D eigenvalue weighted by atomic mass is 10.2. The molecule has 0 atom stereocenters. The van der Waals surface area contributed by atoms with Crippen LogP contribution in [0.25, 0.3) is 0 Å². The molecule has 9 heteroatoms. The molecule has 3 rings (SSSR count). The Morgan fingerprint density at radius 2 is 1.59 bits per heavy atom. The van der Waals surface area contributed by atoms with Gasteiger partial charge in [0, 0.05) is 24.8 Å². The van der Waals surface area contributed by atoms with Crippen LogP contribution < -0.4 is 10.6 Å². The van der Waals surface area contributed by atoms with Crippen molar-refractivity contribution in [3.05, 3.63) is 24.3 Å². The number of nitrogens with one attached hydrogen (secondary N) is 2. The topological polar surface area (TPSA) is 98.8 Å². The maximum atomic E-state index is 12.8. The zero-order chi connectivity index (χ0) is 20.9. The number of sulfonamides is 1. The highest BCUT2D eigenvalue weighted by atomic mass is 32.2. The molecule has 1 aliphatic carbocycles. The first kappa shape index (κ1) is 21.7. The number of anilines is 1. The summed E-state index contributed by atoms with van der Waals surface area (Å²) in [5, 5.41) is 5.63. The molecule has 1 saturated heterocycles. The van der Waals surface area contributed by atoms with Crippen molar-refractivity contribution < 1.29 is 18.0 Å². The third-order valence-electron chi connectivity index (χ3n) is 5.11. The van der Waals surface area contributed by atoms with Gasteiger partial charge in [0.25, 0.3) is 0 Å². The van der Waals surface area contributed by atoms with Gasteiger partial charge in [-0.2, -0.15) is 4.31 Å². The molecule has 160 valence electrons. The molecule has 29 heavy (non-hydrogen) atoms. The largest absolute Gasteiger partial charge is 0.352 e. The number of hydrogen-bond donors (Lipinski definition) is 2. The fourth-order valence-electron chi connectivity index (χ4n) is 3.39. The molecule has 2 amide bonds. The standard InChI is InChI=1S/C20H30N4O4S/c1-23(14-19(25)21-16-6-7-16)15-20(26)22-17-8-10-18(11-9-17)29(27,28)24-12-4-2-3-5-13-24/h8-11,16H,2-7,12-15H2,1H3,(H,21,25)(H,22,26). The Bertz CT molecular complexity index is 813. The Hall–Kier alpha value is -1.97. The third kappa shape index (κ3) is 6.52. The molecule has 1 heterocycles. The van der Waals surface area contributed by atoms with E-state index in [0.29, 0.717) is 24.8 Å². The van der Waals surface area contributed by atoms with Crippen molar-refractivity contribution in [2.24, 2.45) is 0 Å². The molecule has 8 nitrogen and oxygen atoms in total. The first-order valence-corrected chi connectivity index (χ1v) is 11.7. The van der Waals surface area contributed by atoms with Crippen LogP contribution in [0, 0.1) is 0 Å². The predicted octanol–water partition coefficient (Wildman–Crippen LogP) is 1.40. The summed E-state index contributed by atoms with van der Waals surface area (Å²) < 4.78 is 27.1. The van der Waals surface area contributed by atoms with Crippen LogP contribution in [-0.2, 0) is 19.6 Å². The van der Waals surface area contributed by atoms with E-state index < -0.39 is 10.0 Å². The molecule has 2 N–H and O–H groups in total. The van der Waals surface area contributed by atoms with Crippen molar-refractivity contribution in [2.75, 3.05) is 38.5 Å². The summed E-state index contributed by atoms with van der Waals surface area (Å²) >= 11 is 0. The molecule has 0 spiro atoms. The van der Waals surface area contributed by atoms with Crippen LogP contribution in [0.1, 0.15) is 38.5 Å². The van der Waals surface area contributed by atoms with Crippen LogP contribution in [0.15, 0.2) is 29.2 Å². The second kappa shape index (κ2) is 9.69. The van der Waals surface area contributed by atoms with Crippen molar-refractivity contribution in [1.29, 1.82) is 0 Å². The summed E-state index contributed by atoms with van der Waals surface area (Å²) in [6, 6.07) is 6.56. The molecule has 2 fully saturated rings. The van der Waals surface area contributed by atoms with Crippen LogP contribution in [0.3, 0.4) is 0 Å². The minimum atomic E-state index is -3.50. The molecule has 1 saturated carbocycles. The number of hydrogen-bond acceptors (Lipinski definition) is 5. The van der Waals surface area contributed by atoms with Crippen LogP contribution in [-0.4, -0.2) is 68.7 Å². The maximum Gasteiger partial charge on any atom is 0.243 e. The van der Waals surface area contributed by atoms with Gasteiger partial charge in [0.15, 0.2) is 0 Å². The van der Waals surface area contributed by atoms with Crippen LogP contribution >= 0.6 is 0 Å². The smallest absolute Gasteiger partial charge is 0.243 e. The van der Waals surface area contributed by atoms with Gasteiger partial charge in [-0.3, -0.25) is 14.5 Å². The van der Waals surface area contributed by atoms with Gasteiger partial charge < -0.3 is 10.6 Å². The maximum absolute atomic E-state index is 12.8. The van der Waals surface area contributed by atoms with Gasteiger partial charge in [0.05, 0.1) is 18.0 Å². The summed E-state index contributed by atoms with van der Waals surface area (Å²) in [5.41, 5.74) is 0.528. The molecular weight excluding hydrogens is 392 g/mol. The number of carbonyl (C=O) groups is 2. The highest BCUT2D eigenvalue weighted by molar-refractivity contribution is 7.89. The van der Waals surface area contributed by atoms with Gasteiger partial charge in [-0.25, -0.2) is 8.42 Å². The molecule has 1 aromatic rings. The lowest BCUT2D eigenvalue weighted by molar-refractivity contribution is -0.123. The van der Waals surface area contributed by atoms with E-state index in [1.807, 2.05) is 0 Å². The fraction of sp³-hybridized carbons (Fsp3) is 0.600. The molecule has 0 bridgehead atoms. The summed E-state index contributed by atoms with van der Waals surface area (Å²) in [5.74, 6) is -0.333. The number of amides is 2. The quantitative estimate of drug-likeness (QED) is 0.660. The van der Waals surface area contributed by atoms with Gasteiger partial charge in [0.1, 0.15) is 0 Å². The van der Waals surface area contributed by atoms with Gasteiger partial charge in [-0.05, 0) is 57.0 Å². The first-order chi connectivity index (χ1) is 13.8. The Morgan fingerprint density at radius 1 is 1.00 bits per heavy atom. The first-order valence-electron chi connectivity index (χ1n) is 10.2. The van der Waals surface area contributed by atoms with Gasteiger partial charge >= 0.3 is 0 Å². The summed E-state index contributed by atoms with van der Waals surface area (Å²) in [4.78, 5) is 25.9. The normalized spacial score (nSPS) is 18.3. The summed E-state index contributed by atoms with van der Waals surface area (Å²) in [7, 11) is -1.79. The van der Waals surface area contributed by atoms with Gasteiger partial charge in [0.2, 0.25) is 21.8 Å². The Kier molecular flexibility index (Phi) is 7.26. The van der Waals surface area contributed by atoms with Gasteiger partial charge in [-0.1, -0.05) is 12.8 Å². The summed E-state index contributed by atoms with van der Waals surface area (Å²) in [6.45, 7) is 1.35. The van der Waals surface area contributed by atoms with Crippen molar-refractivity contribution in [1.82, 2.24) is 14.5 Å². The van der Waals surface area contributed by atoms with Crippen LogP contribution in [0.4, 0.5) is 5.69 Å². The minimum absolute atomic E-state index is 0.0753. The molecular formula is C20H30N4O4S. The molecule has 1 aromatic carbocycles. The number of carbonyl (C=O) groups excluding carboxylic acids is 2. The van der Waals surface area contributed by atoms with E-state index >= 15 is 0 Å². The number of likely N-dealkylation sites (N-methyl/N-ethyl adjacent to an activating group) is 1. The third-order valence-corrected chi connectivity index (χ3v) is 7.02. The summed E-state index contributed by atoms with van der Waals surface area (Å²) in [6.07, 6.45) is 5.96. The van der Waals surface area contributed by atoms with Crippen LogP contribution in [0.5, 0.6) is 0 Å². The molecule has 2 aliphatic rings. The molecule has 1 aliphatic heterocycles. The highest BCUT2D eigenvalue weighted by Crippen LogP contribution is 2.22. The average molecular weight is 423 g/mol. The van der Waals surface area contributed by atoms with Gasteiger partial charge in [-0.15, -0.1) is 0 Å². The van der Waals surface area contributed by atoms with E-state index in [4.69, 9.17) is 0 Å². The van der Waals surface area contributed by atoms with E-state index in [-0.39, 0.29) is 29.8 Å². The van der Waals surface area contributed by atoms with Crippen molar-refractivity contribution >= 4 is 27.5 Å². The Morgan fingerprint density at radius 3 is 2.17 bits per heavy atom. The molecule has 0 unspecified atom stereocenters. The minimum Gasteiger partial charge on any atom is -0.352 e. The molecule has 0 aromatic heterocycles.